The van der Waals surface area contributed by atoms with E-state index >= 15 is 0 Å². The second-order valence-corrected chi connectivity index (χ2v) is 5.42. The zero-order chi connectivity index (χ0) is 15.9. The number of nitrogens with one attached hydrogen (secondary N) is 1. The molecular weight excluding hydrogens is 282 g/mol. The lowest BCUT2D eigenvalue weighted by atomic mass is 10.0. The first-order valence-electron chi connectivity index (χ1n) is 7.63. The average molecular weight is 305 g/mol. The van der Waals surface area contributed by atoms with E-state index in [9.17, 15) is 9.59 Å². The Morgan fingerprint density at radius 3 is 2.64 bits per heavy atom. The van der Waals surface area contributed by atoms with Gasteiger partial charge in [0.15, 0.2) is 0 Å². The Morgan fingerprint density at radius 2 is 2.00 bits per heavy atom. The summed E-state index contributed by atoms with van der Waals surface area (Å²) in [6.07, 6.45) is 1.63. The number of para-hydroxylation sites is 1. The molecule has 0 saturated carbocycles. The van der Waals surface area contributed by atoms with Gasteiger partial charge in [0.1, 0.15) is 5.75 Å². The fourth-order valence-corrected chi connectivity index (χ4v) is 2.65. The predicted molar refractivity (Wildman–Crippen MR) is 83.7 cm³/mol. The maximum absolute atomic E-state index is 12.4. The molecule has 2 amide bonds. The van der Waals surface area contributed by atoms with Crippen molar-refractivity contribution in [2.24, 2.45) is 5.73 Å². The number of rotatable bonds is 6. The summed E-state index contributed by atoms with van der Waals surface area (Å²) >= 11 is 0. The van der Waals surface area contributed by atoms with Gasteiger partial charge in [0.05, 0.1) is 18.7 Å². The first-order valence-corrected chi connectivity index (χ1v) is 7.63. The summed E-state index contributed by atoms with van der Waals surface area (Å²) in [7, 11) is 0. The molecule has 0 aliphatic carbocycles. The Kier molecular flexibility index (Phi) is 5.77. The monoisotopic (exact) mass is 305 g/mol. The number of likely N-dealkylation sites (tertiary alicyclic amines) is 1. The predicted octanol–water partition coefficient (Wildman–Crippen LogP) is 0.765. The molecule has 6 heteroatoms. The molecule has 120 valence electrons. The standard InChI is InChI=1S/C16H23N3O3/c1-2-22-14-6-4-3-5-13(14)16(21)18-12-7-9-19(10-8-12)11-15(17)20/h3-6,12H,2,7-11H2,1H3,(H2,17,20)(H,18,21). The SMILES string of the molecule is CCOc1ccccc1C(=O)NC1CCN(CC(N)=O)CC1. The normalized spacial score (nSPS) is 16.2. The molecule has 1 aromatic carbocycles. The summed E-state index contributed by atoms with van der Waals surface area (Å²) in [4.78, 5) is 25.3. The molecule has 0 bridgehead atoms. The minimum Gasteiger partial charge on any atom is -0.493 e. The number of carbonyl (C=O) groups excluding carboxylic acids is 2. The van der Waals surface area contributed by atoms with E-state index in [0.717, 1.165) is 25.9 Å². The lowest BCUT2D eigenvalue weighted by Crippen LogP contribution is -2.46. The Bertz CT molecular complexity index is 525. The summed E-state index contributed by atoms with van der Waals surface area (Å²) in [6.45, 7) is 4.23. The van der Waals surface area contributed by atoms with Gasteiger partial charge in [0.25, 0.3) is 5.91 Å². The summed E-state index contributed by atoms with van der Waals surface area (Å²) in [5, 5.41) is 3.05. The highest BCUT2D eigenvalue weighted by Gasteiger charge is 2.22. The van der Waals surface area contributed by atoms with E-state index in [1.54, 1.807) is 12.1 Å². The summed E-state index contributed by atoms with van der Waals surface area (Å²) in [5.74, 6) is 0.180. The summed E-state index contributed by atoms with van der Waals surface area (Å²) in [5.41, 5.74) is 5.75. The van der Waals surface area contributed by atoms with Crippen LogP contribution < -0.4 is 15.8 Å². The van der Waals surface area contributed by atoms with E-state index in [-0.39, 0.29) is 24.4 Å². The van der Waals surface area contributed by atoms with Crippen LogP contribution in [0.5, 0.6) is 5.75 Å². The van der Waals surface area contributed by atoms with Crippen molar-refractivity contribution in [1.29, 1.82) is 0 Å². The Morgan fingerprint density at radius 1 is 1.32 bits per heavy atom. The first kappa shape index (κ1) is 16.3. The second-order valence-electron chi connectivity index (χ2n) is 5.42. The van der Waals surface area contributed by atoms with E-state index < -0.39 is 0 Å². The lowest BCUT2D eigenvalue weighted by Gasteiger charge is -2.31. The van der Waals surface area contributed by atoms with Gasteiger partial charge in [-0.3, -0.25) is 14.5 Å². The molecule has 22 heavy (non-hydrogen) atoms. The topological polar surface area (TPSA) is 84.7 Å². The van der Waals surface area contributed by atoms with Gasteiger partial charge in [0.2, 0.25) is 5.91 Å². The van der Waals surface area contributed by atoms with E-state index in [1.165, 1.54) is 0 Å². The molecule has 0 atom stereocenters. The Hall–Kier alpha value is -2.08. The minimum atomic E-state index is -0.312. The van der Waals surface area contributed by atoms with E-state index in [0.29, 0.717) is 17.9 Å². The molecule has 1 saturated heterocycles. The molecule has 0 aromatic heterocycles. The number of nitrogens with two attached hydrogens (primary N) is 1. The van der Waals surface area contributed by atoms with Gasteiger partial charge in [-0.25, -0.2) is 0 Å². The van der Waals surface area contributed by atoms with Crippen LogP contribution in [0.4, 0.5) is 0 Å². The van der Waals surface area contributed by atoms with Crippen LogP contribution in [0, 0.1) is 0 Å². The molecule has 6 nitrogen and oxygen atoms in total. The maximum atomic E-state index is 12.4. The molecule has 2 rings (SSSR count). The van der Waals surface area contributed by atoms with Crippen LogP contribution in [0.25, 0.3) is 0 Å². The summed E-state index contributed by atoms with van der Waals surface area (Å²) < 4.78 is 5.49. The molecule has 1 aromatic rings. The second kappa shape index (κ2) is 7.79. The van der Waals surface area contributed by atoms with Crippen LogP contribution in [-0.4, -0.2) is 49.0 Å². The molecule has 0 spiro atoms. The van der Waals surface area contributed by atoms with Gasteiger partial charge in [-0.05, 0) is 31.9 Å². The largest absolute Gasteiger partial charge is 0.493 e. The number of primary amides is 1. The molecule has 3 N–H and O–H groups in total. The highest BCUT2D eigenvalue weighted by atomic mass is 16.5. The Labute approximate surface area is 130 Å². The summed E-state index contributed by atoms with van der Waals surface area (Å²) in [6, 6.07) is 7.36. The number of benzene rings is 1. The third-order valence-corrected chi connectivity index (χ3v) is 3.73. The van der Waals surface area contributed by atoms with Gasteiger partial charge in [-0.2, -0.15) is 0 Å². The van der Waals surface area contributed by atoms with Crippen LogP contribution in [0.3, 0.4) is 0 Å². The van der Waals surface area contributed by atoms with Gasteiger partial charge < -0.3 is 15.8 Å². The van der Waals surface area contributed by atoms with Crippen molar-refractivity contribution in [2.75, 3.05) is 26.2 Å². The molecule has 1 fully saturated rings. The van der Waals surface area contributed by atoms with Crippen molar-refractivity contribution in [1.82, 2.24) is 10.2 Å². The zero-order valence-corrected chi connectivity index (χ0v) is 12.9. The third kappa shape index (κ3) is 4.46. The highest BCUT2D eigenvalue weighted by molar-refractivity contribution is 5.97. The van der Waals surface area contributed by atoms with Crippen molar-refractivity contribution in [2.45, 2.75) is 25.8 Å². The number of amides is 2. The van der Waals surface area contributed by atoms with Gasteiger partial charge >= 0.3 is 0 Å². The smallest absolute Gasteiger partial charge is 0.255 e. The first-order chi connectivity index (χ1) is 10.6. The van der Waals surface area contributed by atoms with E-state index in [2.05, 4.69) is 5.32 Å². The number of nitrogens with zero attached hydrogens (tertiary/aromatic N) is 1. The van der Waals surface area contributed by atoms with Crippen LogP contribution in [0.1, 0.15) is 30.1 Å². The van der Waals surface area contributed by atoms with Gasteiger partial charge in [0, 0.05) is 19.1 Å². The number of ether oxygens (including phenoxy) is 1. The van der Waals surface area contributed by atoms with E-state index in [4.69, 9.17) is 10.5 Å². The highest BCUT2D eigenvalue weighted by Crippen LogP contribution is 2.19. The quantitative estimate of drug-likeness (QED) is 0.813. The fraction of sp³-hybridized carbons (Fsp3) is 0.500. The maximum Gasteiger partial charge on any atom is 0.255 e. The van der Waals surface area contributed by atoms with Crippen LogP contribution in [-0.2, 0) is 4.79 Å². The number of hydrogen-bond acceptors (Lipinski definition) is 4. The number of hydrogen-bond donors (Lipinski definition) is 2. The fourth-order valence-electron chi connectivity index (χ4n) is 2.65. The van der Waals surface area contributed by atoms with E-state index in [1.807, 2.05) is 24.0 Å². The van der Waals surface area contributed by atoms with Gasteiger partial charge in [-0.15, -0.1) is 0 Å². The van der Waals surface area contributed by atoms with Crippen molar-refractivity contribution < 1.29 is 14.3 Å². The van der Waals surface area contributed by atoms with Crippen LogP contribution >= 0.6 is 0 Å². The van der Waals surface area contributed by atoms with Crippen molar-refractivity contribution in [3.63, 3.8) is 0 Å². The van der Waals surface area contributed by atoms with Crippen molar-refractivity contribution in [3.8, 4) is 5.75 Å². The zero-order valence-electron chi connectivity index (χ0n) is 12.9. The molecule has 0 unspecified atom stereocenters. The van der Waals surface area contributed by atoms with Crippen LogP contribution in [0.15, 0.2) is 24.3 Å². The molecule has 1 aliphatic rings. The number of carbonyl (C=O) groups is 2. The number of piperidine rings is 1. The molecule has 0 radical (unpaired) electrons. The molecule has 1 aliphatic heterocycles. The molecular formula is C16H23N3O3. The lowest BCUT2D eigenvalue weighted by molar-refractivity contribution is -0.119. The van der Waals surface area contributed by atoms with Crippen molar-refractivity contribution >= 4 is 11.8 Å². The molecule has 1 heterocycles. The van der Waals surface area contributed by atoms with Gasteiger partial charge in [-0.1, -0.05) is 12.1 Å². The Balaban J connectivity index is 1.89. The van der Waals surface area contributed by atoms with Crippen LogP contribution in [0.2, 0.25) is 0 Å². The third-order valence-electron chi connectivity index (χ3n) is 3.73. The average Bonchev–Trinajstić information content (AvgIpc) is 2.49. The minimum absolute atomic E-state index is 0.114. The van der Waals surface area contributed by atoms with Crippen molar-refractivity contribution in [3.05, 3.63) is 29.8 Å².